The monoisotopic (exact) mass is 263 g/mol. The Kier molecular flexibility index (Phi) is 4.11. The highest BCUT2D eigenvalue weighted by Crippen LogP contribution is 2.21. The first-order valence-corrected chi connectivity index (χ1v) is 6.35. The van der Waals surface area contributed by atoms with Crippen LogP contribution in [0, 0.1) is 16.0 Å². The molecule has 2 atom stereocenters. The molecule has 1 fully saturated rings. The average Bonchev–Trinajstić information content (AvgIpc) is 2.39. The van der Waals surface area contributed by atoms with Crippen molar-refractivity contribution in [1.29, 1.82) is 0 Å². The van der Waals surface area contributed by atoms with Crippen molar-refractivity contribution in [2.75, 3.05) is 11.9 Å². The minimum atomic E-state index is -0.470. The van der Waals surface area contributed by atoms with Gasteiger partial charge in [-0.25, -0.2) is 0 Å². The van der Waals surface area contributed by atoms with E-state index < -0.39 is 4.92 Å². The Balaban J connectivity index is 2.02. The summed E-state index contributed by atoms with van der Waals surface area (Å²) in [6.45, 7) is 2.88. The largest absolute Gasteiger partial charge is 0.326 e. The van der Waals surface area contributed by atoms with Gasteiger partial charge >= 0.3 is 0 Å². The summed E-state index contributed by atoms with van der Waals surface area (Å²) in [5.74, 6) is -0.0932. The summed E-state index contributed by atoms with van der Waals surface area (Å²) in [5, 5.41) is 16.7. The highest BCUT2D eigenvalue weighted by atomic mass is 16.6. The Bertz CT molecular complexity index is 490. The number of anilines is 1. The molecule has 1 amide bonds. The molecule has 1 aromatic carbocycles. The number of hydrogen-bond donors (Lipinski definition) is 2. The molecule has 2 rings (SSSR count). The lowest BCUT2D eigenvalue weighted by molar-refractivity contribution is -0.384. The third-order valence-electron chi connectivity index (χ3n) is 3.32. The number of non-ortho nitro benzene ring substituents is 1. The van der Waals surface area contributed by atoms with Crippen molar-refractivity contribution < 1.29 is 9.72 Å². The van der Waals surface area contributed by atoms with Gasteiger partial charge in [-0.2, -0.15) is 0 Å². The fourth-order valence-electron chi connectivity index (χ4n) is 2.31. The molecule has 0 aromatic heterocycles. The Hall–Kier alpha value is -1.95. The van der Waals surface area contributed by atoms with Crippen LogP contribution in [0.5, 0.6) is 0 Å². The second-order valence-corrected chi connectivity index (χ2v) is 4.87. The fourth-order valence-corrected chi connectivity index (χ4v) is 2.31. The molecule has 0 radical (unpaired) electrons. The Labute approximate surface area is 111 Å². The maximum absolute atomic E-state index is 12.1. The van der Waals surface area contributed by atoms with E-state index in [0.29, 0.717) is 11.7 Å². The number of nitrogens with one attached hydrogen (secondary N) is 2. The van der Waals surface area contributed by atoms with Gasteiger partial charge < -0.3 is 10.6 Å². The molecule has 19 heavy (non-hydrogen) atoms. The number of rotatable bonds is 3. The minimum absolute atomic E-state index is 0.0171. The highest BCUT2D eigenvalue weighted by Gasteiger charge is 2.24. The van der Waals surface area contributed by atoms with Crippen LogP contribution in [0.25, 0.3) is 0 Å². The number of carbonyl (C=O) groups is 1. The topological polar surface area (TPSA) is 84.3 Å². The lowest BCUT2D eigenvalue weighted by Gasteiger charge is -2.27. The molecule has 1 heterocycles. The van der Waals surface area contributed by atoms with Crippen LogP contribution in [0.1, 0.15) is 19.8 Å². The molecule has 2 unspecified atom stereocenters. The van der Waals surface area contributed by atoms with E-state index in [2.05, 4.69) is 10.6 Å². The summed E-state index contributed by atoms with van der Waals surface area (Å²) in [6, 6.07) is 6.34. The number of nitrogens with zero attached hydrogens (tertiary/aromatic N) is 1. The van der Waals surface area contributed by atoms with Gasteiger partial charge in [0.2, 0.25) is 5.91 Å². The van der Waals surface area contributed by atoms with Gasteiger partial charge in [-0.3, -0.25) is 14.9 Å². The molecule has 102 valence electrons. The first-order chi connectivity index (χ1) is 9.06. The number of nitro benzene ring substituents is 1. The number of amides is 1. The van der Waals surface area contributed by atoms with Gasteiger partial charge in [-0.1, -0.05) is 6.07 Å². The Morgan fingerprint density at radius 1 is 1.53 bits per heavy atom. The number of hydrogen-bond acceptors (Lipinski definition) is 4. The van der Waals surface area contributed by atoms with E-state index in [-0.39, 0.29) is 17.5 Å². The van der Waals surface area contributed by atoms with Crippen molar-refractivity contribution in [3.05, 3.63) is 34.4 Å². The van der Waals surface area contributed by atoms with E-state index in [9.17, 15) is 14.9 Å². The van der Waals surface area contributed by atoms with Crippen LogP contribution in [0.3, 0.4) is 0 Å². The smallest absolute Gasteiger partial charge is 0.271 e. The Morgan fingerprint density at radius 2 is 2.32 bits per heavy atom. The molecule has 1 aromatic rings. The highest BCUT2D eigenvalue weighted by molar-refractivity contribution is 5.92. The zero-order chi connectivity index (χ0) is 13.8. The van der Waals surface area contributed by atoms with Gasteiger partial charge in [0.15, 0.2) is 0 Å². The SMILES string of the molecule is CC1CC(C(=O)Nc2cccc([N+](=O)[O-])c2)CCN1. The lowest BCUT2D eigenvalue weighted by Crippen LogP contribution is -2.40. The summed E-state index contributed by atoms with van der Waals surface area (Å²) in [5.41, 5.74) is 0.460. The summed E-state index contributed by atoms with van der Waals surface area (Å²) in [7, 11) is 0. The van der Waals surface area contributed by atoms with E-state index in [1.807, 2.05) is 6.92 Å². The summed E-state index contributed by atoms with van der Waals surface area (Å²) in [4.78, 5) is 22.3. The first-order valence-electron chi connectivity index (χ1n) is 6.35. The predicted molar refractivity (Wildman–Crippen MR) is 71.9 cm³/mol. The molecule has 0 spiro atoms. The van der Waals surface area contributed by atoms with Gasteiger partial charge in [0.25, 0.3) is 5.69 Å². The number of carbonyl (C=O) groups excluding carboxylic acids is 1. The number of piperidine rings is 1. The van der Waals surface area contributed by atoms with Crippen molar-refractivity contribution >= 4 is 17.3 Å². The van der Waals surface area contributed by atoms with Crippen LogP contribution in [-0.2, 0) is 4.79 Å². The molecule has 1 saturated heterocycles. The lowest BCUT2D eigenvalue weighted by atomic mass is 9.92. The van der Waals surface area contributed by atoms with E-state index in [0.717, 1.165) is 19.4 Å². The van der Waals surface area contributed by atoms with E-state index in [1.54, 1.807) is 12.1 Å². The normalized spacial score (nSPS) is 22.8. The molecule has 1 aliphatic heterocycles. The quantitative estimate of drug-likeness (QED) is 0.644. The van der Waals surface area contributed by atoms with Crippen molar-refractivity contribution in [1.82, 2.24) is 5.32 Å². The molecular weight excluding hydrogens is 246 g/mol. The zero-order valence-electron chi connectivity index (χ0n) is 10.8. The summed E-state index contributed by atoms with van der Waals surface area (Å²) < 4.78 is 0. The molecule has 6 heteroatoms. The number of nitro groups is 1. The maximum Gasteiger partial charge on any atom is 0.271 e. The fraction of sp³-hybridized carbons (Fsp3) is 0.462. The summed E-state index contributed by atoms with van der Waals surface area (Å²) >= 11 is 0. The van der Waals surface area contributed by atoms with Gasteiger partial charge in [-0.05, 0) is 32.4 Å². The van der Waals surface area contributed by atoms with Crippen molar-refractivity contribution in [3.8, 4) is 0 Å². The van der Waals surface area contributed by atoms with E-state index >= 15 is 0 Å². The van der Waals surface area contributed by atoms with Gasteiger partial charge in [-0.15, -0.1) is 0 Å². The second-order valence-electron chi connectivity index (χ2n) is 4.87. The number of benzene rings is 1. The van der Waals surface area contributed by atoms with Crippen LogP contribution in [-0.4, -0.2) is 23.4 Å². The first kappa shape index (κ1) is 13.5. The van der Waals surface area contributed by atoms with E-state index in [1.165, 1.54) is 12.1 Å². The molecule has 0 aliphatic carbocycles. The summed E-state index contributed by atoms with van der Waals surface area (Å²) in [6.07, 6.45) is 1.59. The minimum Gasteiger partial charge on any atom is -0.326 e. The molecule has 6 nitrogen and oxygen atoms in total. The van der Waals surface area contributed by atoms with Crippen molar-refractivity contribution in [3.63, 3.8) is 0 Å². The van der Waals surface area contributed by atoms with Crippen LogP contribution >= 0.6 is 0 Å². The van der Waals surface area contributed by atoms with Crippen molar-refractivity contribution in [2.24, 2.45) is 5.92 Å². The molecular formula is C13H17N3O3. The van der Waals surface area contributed by atoms with Crippen LogP contribution in [0.2, 0.25) is 0 Å². The predicted octanol–water partition coefficient (Wildman–Crippen LogP) is 1.92. The maximum atomic E-state index is 12.1. The molecule has 0 bridgehead atoms. The zero-order valence-corrected chi connectivity index (χ0v) is 10.8. The van der Waals surface area contributed by atoms with Gasteiger partial charge in [0.05, 0.1) is 4.92 Å². The Morgan fingerprint density at radius 3 is 3.00 bits per heavy atom. The third-order valence-corrected chi connectivity index (χ3v) is 3.32. The van der Waals surface area contributed by atoms with Crippen LogP contribution < -0.4 is 10.6 Å². The molecule has 2 N–H and O–H groups in total. The van der Waals surface area contributed by atoms with Crippen LogP contribution in [0.4, 0.5) is 11.4 Å². The second kappa shape index (κ2) is 5.79. The molecule has 0 saturated carbocycles. The van der Waals surface area contributed by atoms with E-state index in [4.69, 9.17) is 0 Å². The van der Waals surface area contributed by atoms with Crippen LogP contribution in [0.15, 0.2) is 24.3 Å². The van der Waals surface area contributed by atoms with Crippen molar-refractivity contribution in [2.45, 2.75) is 25.8 Å². The standard InChI is InChI=1S/C13H17N3O3/c1-9-7-10(5-6-14-9)13(17)15-11-3-2-4-12(8-11)16(18)19/h2-4,8-10,14H,5-7H2,1H3,(H,15,17). The van der Waals surface area contributed by atoms with Gasteiger partial charge in [0, 0.05) is 29.8 Å². The molecule has 1 aliphatic rings. The van der Waals surface area contributed by atoms with Gasteiger partial charge in [0.1, 0.15) is 0 Å². The third kappa shape index (κ3) is 3.51. The average molecular weight is 263 g/mol.